The molecule has 0 saturated carbocycles. The number of nitrogens with one attached hydrogen (secondary N) is 1. The first-order valence-electron chi connectivity index (χ1n) is 7.06. The van der Waals surface area contributed by atoms with Crippen LogP contribution in [0.25, 0.3) is 0 Å². The van der Waals surface area contributed by atoms with Crippen LogP contribution in [0.1, 0.15) is 50.8 Å². The molecule has 0 amide bonds. The maximum absolute atomic E-state index is 5.88. The minimum absolute atomic E-state index is 0.785. The Balaban J connectivity index is 2.57. The average molecular weight is 253 g/mol. The molecular weight excluding hydrogens is 226 g/mol. The standard InChI is InChI=1S/C14H27N3O/c1-5-7-8-10-18-14-13(11-15-9-6-2)12(3)16-17(14)4/h15H,5-11H2,1-4H3. The zero-order valence-electron chi connectivity index (χ0n) is 12.3. The first kappa shape index (κ1) is 15.0. The van der Waals surface area contributed by atoms with Gasteiger partial charge in [0.05, 0.1) is 17.9 Å². The van der Waals surface area contributed by atoms with Crippen molar-refractivity contribution < 1.29 is 4.74 Å². The quantitative estimate of drug-likeness (QED) is 0.688. The summed E-state index contributed by atoms with van der Waals surface area (Å²) >= 11 is 0. The van der Waals surface area contributed by atoms with Gasteiger partial charge in [0.2, 0.25) is 5.88 Å². The minimum atomic E-state index is 0.785. The van der Waals surface area contributed by atoms with Crippen molar-refractivity contribution in [2.45, 2.75) is 53.0 Å². The van der Waals surface area contributed by atoms with Gasteiger partial charge in [0.25, 0.3) is 0 Å². The molecule has 0 fully saturated rings. The van der Waals surface area contributed by atoms with Crippen LogP contribution in [0.4, 0.5) is 0 Å². The largest absolute Gasteiger partial charge is 0.478 e. The van der Waals surface area contributed by atoms with Crippen LogP contribution in [0.2, 0.25) is 0 Å². The maximum Gasteiger partial charge on any atom is 0.216 e. The summed E-state index contributed by atoms with van der Waals surface area (Å²) in [5.74, 6) is 0.923. The van der Waals surface area contributed by atoms with E-state index >= 15 is 0 Å². The van der Waals surface area contributed by atoms with Crippen LogP contribution in [0.3, 0.4) is 0 Å². The molecule has 1 rings (SSSR count). The van der Waals surface area contributed by atoms with Gasteiger partial charge in [-0.2, -0.15) is 5.10 Å². The Morgan fingerprint density at radius 1 is 1.22 bits per heavy atom. The Morgan fingerprint density at radius 2 is 2.00 bits per heavy atom. The highest BCUT2D eigenvalue weighted by molar-refractivity contribution is 5.30. The highest BCUT2D eigenvalue weighted by Crippen LogP contribution is 2.21. The van der Waals surface area contributed by atoms with E-state index in [1.807, 2.05) is 18.7 Å². The molecule has 0 unspecified atom stereocenters. The number of aromatic nitrogens is 2. The van der Waals surface area contributed by atoms with Crippen LogP contribution in [-0.2, 0) is 13.6 Å². The third kappa shape index (κ3) is 4.33. The van der Waals surface area contributed by atoms with Gasteiger partial charge in [-0.25, -0.2) is 4.68 Å². The van der Waals surface area contributed by atoms with Gasteiger partial charge >= 0.3 is 0 Å². The number of hydrogen-bond donors (Lipinski definition) is 1. The van der Waals surface area contributed by atoms with E-state index in [4.69, 9.17) is 4.74 Å². The highest BCUT2D eigenvalue weighted by Gasteiger charge is 2.13. The van der Waals surface area contributed by atoms with Crippen molar-refractivity contribution in [1.29, 1.82) is 0 Å². The normalized spacial score (nSPS) is 10.9. The molecule has 0 aliphatic heterocycles. The van der Waals surface area contributed by atoms with Gasteiger partial charge in [0.15, 0.2) is 0 Å². The fraction of sp³-hybridized carbons (Fsp3) is 0.786. The average Bonchev–Trinajstić information content (AvgIpc) is 2.61. The Bertz CT molecular complexity index is 347. The smallest absolute Gasteiger partial charge is 0.216 e. The van der Waals surface area contributed by atoms with E-state index < -0.39 is 0 Å². The van der Waals surface area contributed by atoms with E-state index in [0.29, 0.717) is 0 Å². The van der Waals surface area contributed by atoms with E-state index in [2.05, 4.69) is 24.3 Å². The third-order valence-corrected chi connectivity index (χ3v) is 3.00. The van der Waals surface area contributed by atoms with Gasteiger partial charge in [-0.05, 0) is 26.3 Å². The summed E-state index contributed by atoms with van der Waals surface area (Å²) in [5, 5.41) is 7.85. The summed E-state index contributed by atoms with van der Waals surface area (Å²) in [4.78, 5) is 0. The summed E-state index contributed by atoms with van der Waals surface area (Å²) in [6.07, 6.45) is 4.70. The van der Waals surface area contributed by atoms with E-state index in [1.54, 1.807) is 0 Å². The van der Waals surface area contributed by atoms with Gasteiger partial charge in [0, 0.05) is 13.6 Å². The number of ether oxygens (including phenoxy) is 1. The molecule has 1 aromatic rings. The van der Waals surface area contributed by atoms with Crippen LogP contribution in [0, 0.1) is 6.92 Å². The van der Waals surface area contributed by atoms with Crippen molar-refractivity contribution in [2.75, 3.05) is 13.2 Å². The fourth-order valence-electron chi connectivity index (χ4n) is 1.98. The predicted molar refractivity (Wildman–Crippen MR) is 75.0 cm³/mol. The van der Waals surface area contributed by atoms with Crippen molar-refractivity contribution in [1.82, 2.24) is 15.1 Å². The molecule has 1 N–H and O–H groups in total. The fourth-order valence-corrected chi connectivity index (χ4v) is 1.98. The monoisotopic (exact) mass is 253 g/mol. The van der Waals surface area contributed by atoms with Gasteiger partial charge in [-0.15, -0.1) is 0 Å². The van der Waals surface area contributed by atoms with E-state index in [0.717, 1.165) is 44.1 Å². The summed E-state index contributed by atoms with van der Waals surface area (Å²) in [5.41, 5.74) is 2.26. The van der Waals surface area contributed by atoms with E-state index in [9.17, 15) is 0 Å². The van der Waals surface area contributed by atoms with E-state index in [1.165, 1.54) is 18.4 Å². The number of rotatable bonds is 9. The molecule has 0 aliphatic carbocycles. The molecule has 104 valence electrons. The molecule has 1 heterocycles. The van der Waals surface area contributed by atoms with Crippen LogP contribution in [0.15, 0.2) is 0 Å². The zero-order chi connectivity index (χ0) is 13.4. The zero-order valence-corrected chi connectivity index (χ0v) is 12.3. The second-order valence-corrected chi connectivity index (χ2v) is 4.73. The second kappa shape index (κ2) is 8.14. The van der Waals surface area contributed by atoms with Gasteiger partial charge in [0.1, 0.15) is 0 Å². The molecule has 0 aliphatic rings. The van der Waals surface area contributed by atoms with Crippen molar-refractivity contribution in [3.8, 4) is 5.88 Å². The molecule has 0 atom stereocenters. The van der Waals surface area contributed by atoms with Crippen molar-refractivity contribution >= 4 is 0 Å². The molecule has 0 aromatic carbocycles. The van der Waals surface area contributed by atoms with Crippen LogP contribution in [0.5, 0.6) is 5.88 Å². The highest BCUT2D eigenvalue weighted by atomic mass is 16.5. The van der Waals surface area contributed by atoms with Gasteiger partial charge < -0.3 is 10.1 Å². The summed E-state index contributed by atoms with van der Waals surface area (Å²) < 4.78 is 7.73. The molecule has 1 aromatic heterocycles. The first-order valence-corrected chi connectivity index (χ1v) is 7.06. The lowest BCUT2D eigenvalue weighted by atomic mass is 10.2. The van der Waals surface area contributed by atoms with Gasteiger partial charge in [-0.3, -0.25) is 0 Å². The topological polar surface area (TPSA) is 39.1 Å². The lowest BCUT2D eigenvalue weighted by Crippen LogP contribution is -2.15. The third-order valence-electron chi connectivity index (χ3n) is 3.00. The molecular formula is C14H27N3O. The Kier molecular flexibility index (Phi) is 6.80. The van der Waals surface area contributed by atoms with Crippen LogP contribution in [-0.4, -0.2) is 22.9 Å². The molecule has 0 radical (unpaired) electrons. The summed E-state index contributed by atoms with van der Waals surface area (Å²) in [6.45, 7) is 9.08. The number of unbranched alkanes of at least 4 members (excludes halogenated alkanes) is 2. The molecule has 0 spiro atoms. The molecule has 18 heavy (non-hydrogen) atoms. The Morgan fingerprint density at radius 3 is 2.67 bits per heavy atom. The maximum atomic E-state index is 5.88. The van der Waals surface area contributed by atoms with Gasteiger partial charge in [-0.1, -0.05) is 26.7 Å². The van der Waals surface area contributed by atoms with Crippen LogP contribution >= 0.6 is 0 Å². The Hall–Kier alpha value is -1.03. The number of nitrogens with zero attached hydrogens (tertiary/aromatic N) is 2. The minimum Gasteiger partial charge on any atom is -0.478 e. The van der Waals surface area contributed by atoms with Crippen molar-refractivity contribution in [2.24, 2.45) is 7.05 Å². The predicted octanol–water partition coefficient (Wildman–Crippen LogP) is 2.80. The second-order valence-electron chi connectivity index (χ2n) is 4.73. The first-order chi connectivity index (χ1) is 8.70. The summed E-state index contributed by atoms with van der Waals surface area (Å²) in [6, 6.07) is 0. The van der Waals surface area contributed by atoms with Crippen molar-refractivity contribution in [3.05, 3.63) is 11.3 Å². The molecule has 0 saturated heterocycles. The lowest BCUT2D eigenvalue weighted by Gasteiger charge is -2.09. The lowest BCUT2D eigenvalue weighted by molar-refractivity contribution is 0.277. The molecule has 4 nitrogen and oxygen atoms in total. The molecule has 0 bridgehead atoms. The van der Waals surface area contributed by atoms with Crippen LogP contribution < -0.4 is 10.1 Å². The van der Waals surface area contributed by atoms with Crippen molar-refractivity contribution in [3.63, 3.8) is 0 Å². The summed E-state index contributed by atoms with van der Waals surface area (Å²) in [7, 11) is 1.95. The number of hydrogen-bond acceptors (Lipinski definition) is 3. The SMILES string of the molecule is CCCCCOc1c(CNCCC)c(C)nn1C. The number of aryl methyl sites for hydroxylation is 2. The van der Waals surface area contributed by atoms with E-state index in [-0.39, 0.29) is 0 Å². The molecule has 4 heteroatoms. The Labute approximate surface area is 111 Å².